The zero-order valence-electron chi connectivity index (χ0n) is 21.5. The fourth-order valence-corrected chi connectivity index (χ4v) is 8.04. The van der Waals surface area contributed by atoms with Crippen LogP contribution in [0.3, 0.4) is 0 Å². The SMILES string of the molecule is N#CC(C#N)=C1c2cc(S(=O)(=O)N3CCOCC3)cc([N+](=O)[O-])c2-c2c1cc(S(=O)(=O)N1CCOCC1)cc2[N+](=O)[O-]. The molecule has 2 aromatic rings. The van der Waals surface area contributed by atoms with Gasteiger partial charge in [0.05, 0.1) is 57.2 Å². The summed E-state index contributed by atoms with van der Waals surface area (Å²) in [7, 11) is -8.70. The van der Waals surface area contributed by atoms with E-state index < -0.39 is 67.8 Å². The predicted octanol–water partition coefficient (Wildman–Crippen LogP) is 1.37. The zero-order chi connectivity index (χ0) is 30.4. The Labute approximate surface area is 239 Å². The van der Waals surface area contributed by atoms with Gasteiger partial charge in [-0.15, -0.1) is 0 Å². The van der Waals surface area contributed by atoms with Crippen molar-refractivity contribution >= 4 is 37.0 Å². The molecule has 42 heavy (non-hydrogen) atoms. The maximum Gasteiger partial charge on any atom is 0.279 e. The molecule has 0 aromatic heterocycles. The second-order valence-corrected chi connectivity index (χ2v) is 13.1. The van der Waals surface area contributed by atoms with E-state index in [1.165, 1.54) is 0 Å². The molecule has 3 aliphatic rings. The van der Waals surface area contributed by atoms with Gasteiger partial charge < -0.3 is 9.47 Å². The molecule has 0 amide bonds. The molecular weight excluding hydrogens is 596 g/mol. The van der Waals surface area contributed by atoms with Crippen LogP contribution in [0.1, 0.15) is 11.1 Å². The first kappa shape index (κ1) is 29.2. The quantitative estimate of drug-likeness (QED) is 0.217. The third-order valence-corrected chi connectivity index (χ3v) is 10.8. The topological polar surface area (TPSA) is 227 Å². The number of nitrogens with zero attached hydrogens (tertiary/aromatic N) is 6. The molecule has 0 radical (unpaired) electrons. The molecule has 218 valence electrons. The highest BCUT2D eigenvalue weighted by molar-refractivity contribution is 7.89. The van der Waals surface area contributed by atoms with Gasteiger partial charge in [0.25, 0.3) is 11.4 Å². The van der Waals surface area contributed by atoms with Crippen LogP contribution in [0.2, 0.25) is 0 Å². The van der Waals surface area contributed by atoms with Gasteiger partial charge >= 0.3 is 0 Å². The molecule has 0 unspecified atom stereocenters. The van der Waals surface area contributed by atoms with Crippen LogP contribution in [0.15, 0.2) is 39.6 Å². The van der Waals surface area contributed by atoms with Gasteiger partial charge in [-0.25, -0.2) is 16.8 Å². The fraction of sp³-hybridized carbons (Fsp3) is 0.333. The van der Waals surface area contributed by atoms with Crippen LogP contribution in [0.25, 0.3) is 16.7 Å². The lowest BCUT2D eigenvalue weighted by Crippen LogP contribution is -2.40. The molecule has 16 nitrogen and oxygen atoms in total. The number of fused-ring (bicyclic) bond motifs is 3. The molecule has 2 heterocycles. The zero-order valence-corrected chi connectivity index (χ0v) is 23.2. The average Bonchev–Trinajstić information content (AvgIpc) is 3.31. The molecule has 0 spiro atoms. The number of nitriles is 2. The van der Waals surface area contributed by atoms with Crippen molar-refractivity contribution in [3.8, 4) is 23.3 Å². The second-order valence-electron chi connectivity index (χ2n) is 9.25. The summed E-state index contributed by atoms with van der Waals surface area (Å²) in [5.74, 6) is 0. The third kappa shape index (κ3) is 4.69. The van der Waals surface area contributed by atoms with E-state index in [0.717, 1.165) is 32.9 Å². The van der Waals surface area contributed by atoms with Gasteiger partial charge in [0.1, 0.15) is 17.7 Å². The molecule has 18 heteroatoms. The van der Waals surface area contributed by atoms with Crippen LogP contribution < -0.4 is 0 Å². The Bertz CT molecular complexity index is 1730. The lowest BCUT2D eigenvalue weighted by molar-refractivity contribution is -0.386. The number of rotatable bonds is 6. The summed E-state index contributed by atoms with van der Waals surface area (Å²) < 4.78 is 66.4. The molecule has 2 aromatic carbocycles. The maximum atomic E-state index is 13.5. The van der Waals surface area contributed by atoms with Crippen LogP contribution in [-0.2, 0) is 29.5 Å². The molecule has 0 atom stereocenters. The van der Waals surface area contributed by atoms with Crippen LogP contribution in [0.4, 0.5) is 11.4 Å². The van der Waals surface area contributed by atoms with E-state index in [1.54, 1.807) is 12.1 Å². The Kier molecular flexibility index (Phi) is 7.53. The molecule has 2 saturated heterocycles. The first-order valence-corrected chi connectivity index (χ1v) is 15.2. The minimum Gasteiger partial charge on any atom is -0.379 e. The summed E-state index contributed by atoms with van der Waals surface area (Å²) in [6.07, 6.45) is 0. The molecule has 2 fully saturated rings. The van der Waals surface area contributed by atoms with Gasteiger partial charge in [0.15, 0.2) is 0 Å². The fourth-order valence-electron chi connectivity index (χ4n) is 5.13. The minimum atomic E-state index is -4.35. The lowest BCUT2D eigenvalue weighted by atomic mass is 9.99. The van der Waals surface area contributed by atoms with E-state index in [9.17, 15) is 47.6 Å². The second kappa shape index (κ2) is 10.8. The van der Waals surface area contributed by atoms with E-state index in [4.69, 9.17) is 9.47 Å². The molecule has 2 aliphatic heterocycles. The normalized spacial score (nSPS) is 17.5. The molecule has 0 bridgehead atoms. The van der Waals surface area contributed by atoms with E-state index in [-0.39, 0.29) is 69.3 Å². The summed E-state index contributed by atoms with van der Waals surface area (Å²) in [5, 5.41) is 44.2. The van der Waals surface area contributed by atoms with Crippen molar-refractivity contribution < 1.29 is 36.2 Å². The summed E-state index contributed by atoms with van der Waals surface area (Å²) in [4.78, 5) is 21.7. The summed E-state index contributed by atoms with van der Waals surface area (Å²) in [6, 6.07) is 6.83. The van der Waals surface area contributed by atoms with Crippen LogP contribution >= 0.6 is 0 Å². The van der Waals surface area contributed by atoms with Crippen molar-refractivity contribution in [2.75, 3.05) is 52.6 Å². The van der Waals surface area contributed by atoms with Gasteiger partial charge in [-0.3, -0.25) is 20.2 Å². The highest BCUT2D eigenvalue weighted by atomic mass is 32.2. The number of morpholine rings is 2. The Morgan fingerprint density at radius 3 is 1.38 bits per heavy atom. The lowest BCUT2D eigenvalue weighted by Gasteiger charge is -2.26. The summed E-state index contributed by atoms with van der Waals surface area (Å²) in [6.45, 7) is 0.200. The van der Waals surface area contributed by atoms with Crippen molar-refractivity contribution in [3.05, 3.63) is 61.2 Å². The molecule has 0 saturated carbocycles. The van der Waals surface area contributed by atoms with Crippen molar-refractivity contribution in [2.24, 2.45) is 0 Å². The van der Waals surface area contributed by atoms with Crippen LogP contribution in [0, 0.1) is 42.9 Å². The Morgan fingerprint density at radius 2 is 1.07 bits per heavy atom. The van der Waals surface area contributed by atoms with Crippen molar-refractivity contribution in [2.45, 2.75) is 9.79 Å². The predicted molar refractivity (Wildman–Crippen MR) is 142 cm³/mol. The molecule has 1 aliphatic carbocycles. The highest BCUT2D eigenvalue weighted by Gasteiger charge is 2.42. The van der Waals surface area contributed by atoms with Crippen molar-refractivity contribution in [1.82, 2.24) is 8.61 Å². The molecule has 5 rings (SSSR count). The number of ether oxygens (including phenoxy) is 2. The number of nitro groups is 2. The van der Waals surface area contributed by atoms with Gasteiger partial charge in [-0.2, -0.15) is 19.1 Å². The van der Waals surface area contributed by atoms with E-state index in [0.29, 0.717) is 0 Å². The Morgan fingerprint density at radius 1 is 0.714 bits per heavy atom. The van der Waals surface area contributed by atoms with Crippen molar-refractivity contribution in [3.63, 3.8) is 0 Å². The van der Waals surface area contributed by atoms with Gasteiger partial charge in [0, 0.05) is 55.0 Å². The minimum absolute atomic E-state index is 0.0357. The van der Waals surface area contributed by atoms with Crippen LogP contribution in [-0.4, -0.2) is 87.9 Å². The van der Waals surface area contributed by atoms with E-state index in [1.807, 2.05) is 0 Å². The first-order chi connectivity index (χ1) is 19.9. The number of hydrogen-bond donors (Lipinski definition) is 0. The number of allylic oxidation sites excluding steroid dienone is 1. The third-order valence-electron chi connectivity index (χ3n) is 7.05. The average molecular weight is 617 g/mol. The van der Waals surface area contributed by atoms with Gasteiger partial charge in [-0.1, -0.05) is 0 Å². The number of nitro benzene ring substituents is 2. The maximum absolute atomic E-state index is 13.5. The van der Waals surface area contributed by atoms with Gasteiger partial charge in [-0.05, 0) is 12.1 Å². The van der Waals surface area contributed by atoms with Gasteiger partial charge in [0.2, 0.25) is 20.0 Å². The van der Waals surface area contributed by atoms with E-state index in [2.05, 4.69) is 0 Å². The summed E-state index contributed by atoms with van der Waals surface area (Å²) >= 11 is 0. The number of benzene rings is 2. The Balaban J connectivity index is 1.85. The van der Waals surface area contributed by atoms with Crippen LogP contribution in [0.5, 0.6) is 0 Å². The number of sulfonamides is 2. The van der Waals surface area contributed by atoms with Crippen molar-refractivity contribution in [1.29, 1.82) is 10.5 Å². The molecule has 0 N–H and O–H groups in total. The highest BCUT2D eigenvalue weighted by Crippen LogP contribution is 2.54. The monoisotopic (exact) mass is 616 g/mol. The smallest absolute Gasteiger partial charge is 0.279 e. The summed E-state index contributed by atoms with van der Waals surface area (Å²) in [5.41, 5.74) is -4.08. The Hall–Kier alpha value is -4.30. The number of hydrogen-bond acceptors (Lipinski definition) is 12. The first-order valence-electron chi connectivity index (χ1n) is 12.3. The standard InChI is InChI=1S/C24H20N6O10S2/c25-13-15(14-26)22-18-9-16(41(35,36)27-1-5-39-6-2-27)11-20(29(31)32)23(18)24-19(22)10-17(12-21(24)30(33)34)42(37,38)28-3-7-40-8-4-28/h9-12H,1-8H2. The van der Waals surface area contributed by atoms with E-state index >= 15 is 0 Å². The largest absolute Gasteiger partial charge is 0.379 e. The molecular formula is C24H20N6O10S2.